The molecular weight excluding hydrogens is 174 g/mol. The fourth-order valence-corrected chi connectivity index (χ4v) is 1.15. The lowest BCUT2D eigenvalue weighted by Gasteiger charge is -2.17. The molecule has 0 saturated heterocycles. The van der Waals surface area contributed by atoms with Crippen molar-refractivity contribution in [1.82, 2.24) is 5.32 Å². The maximum atomic E-state index is 12.9. The van der Waals surface area contributed by atoms with Crippen LogP contribution in [0.15, 0.2) is 11.4 Å². The van der Waals surface area contributed by atoms with Gasteiger partial charge in [-0.2, -0.15) is 8.78 Å². The molecule has 0 aromatic carbocycles. The highest BCUT2D eigenvalue weighted by Gasteiger charge is 2.28. The van der Waals surface area contributed by atoms with Crippen LogP contribution < -0.4 is 11.1 Å². The molecule has 13 heavy (non-hydrogen) atoms. The summed E-state index contributed by atoms with van der Waals surface area (Å²) in [7, 11) is 1.46. The number of nitrogens with two attached hydrogens (primary N) is 1. The van der Waals surface area contributed by atoms with Crippen molar-refractivity contribution in [2.45, 2.75) is 39.0 Å². The van der Waals surface area contributed by atoms with E-state index in [9.17, 15) is 8.78 Å². The third kappa shape index (κ3) is 4.10. The number of hydrogen-bond acceptors (Lipinski definition) is 2. The molecular formula is C9H18F2N2. The fraction of sp³-hybridized carbons (Fsp3) is 0.778. The van der Waals surface area contributed by atoms with Gasteiger partial charge in [0.05, 0.1) is 5.70 Å². The second-order valence-electron chi connectivity index (χ2n) is 3.14. The molecule has 3 N–H and O–H groups in total. The van der Waals surface area contributed by atoms with Crippen LogP contribution in [0.3, 0.4) is 0 Å². The Bertz CT molecular complexity index is 183. The lowest BCUT2D eigenvalue weighted by Crippen LogP contribution is -2.28. The molecule has 0 atom stereocenters. The van der Waals surface area contributed by atoms with Crippen LogP contribution >= 0.6 is 0 Å². The van der Waals surface area contributed by atoms with Gasteiger partial charge in [-0.05, 0) is 12.8 Å². The van der Waals surface area contributed by atoms with Gasteiger partial charge in [0.25, 0.3) is 5.92 Å². The van der Waals surface area contributed by atoms with E-state index in [1.54, 1.807) is 0 Å². The van der Waals surface area contributed by atoms with Gasteiger partial charge in [0, 0.05) is 19.7 Å². The van der Waals surface area contributed by atoms with Crippen molar-refractivity contribution in [2.24, 2.45) is 5.73 Å². The molecule has 2 nitrogen and oxygen atoms in total. The summed E-state index contributed by atoms with van der Waals surface area (Å²) in [5, 5.41) is 2.46. The van der Waals surface area contributed by atoms with E-state index < -0.39 is 5.92 Å². The van der Waals surface area contributed by atoms with E-state index in [4.69, 9.17) is 5.73 Å². The monoisotopic (exact) mass is 192 g/mol. The summed E-state index contributed by atoms with van der Waals surface area (Å²) >= 11 is 0. The third-order valence-corrected chi connectivity index (χ3v) is 1.81. The molecule has 0 spiro atoms. The molecule has 0 aromatic heterocycles. The van der Waals surface area contributed by atoms with Gasteiger partial charge in [-0.25, -0.2) is 0 Å². The van der Waals surface area contributed by atoms with Gasteiger partial charge in [0.15, 0.2) is 0 Å². The zero-order valence-corrected chi connectivity index (χ0v) is 8.45. The summed E-state index contributed by atoms with van der Waals surface area (Å²) in [6, 6.07) is 0. The molecule has 0 aromatic rings. The topological polar surface area (TPSA) is 38.0 Å². The molecule has 0 aliphatic rings. The summed E-state index contributed by atoms with van der Waals surface area (Å²) in [5.41, 5.74) is 5.65. The van der Waals surface area contributed by atoms with Gasteiger partial charge in [-0.3, -0.25) is 0 Å². The van der Waals surface area contributed by atoms with Crippen molar-refractivity contribution >= 4 is 0 Å². The minimum atomic E-state index is -2.87. The summed E-state index contributed by atoms with van der Waals surface area (Å²) in [6.07, 6.45) is 2.32. The summed E-state index contributed by atoms with van der Waals surface area (Å²) in [5.74, 6) is -2.87. The zero-order chi connectivity index (χ0) is 10.5. The number of alkyl halides is 2. The molecule has 78 valence electrons. The molecule has 0 fully saturated rings. The van der Waals surface area contributed by atoms with Gasteiger partial charge in [-0.15, -0.1) is 0 Å². The van der Waals surface area contributed by atoms with Crippen molar-refractivity contribution in [1.29, 1.82) is 0 Å². The van der Waals surface area contributed by atoms with E-state index in [0.717, 1.165) is 19.8 Å². The Morgan fingerprint density at radius 3 is 2.31 bits per heavy atom. The van der Waals surface area contributed by atoms with Crippen molar-refractivity contribution in [3.8, 4) is 0 Å². The van der Waals surface area contributed by atoms with E-state index in [1.807, 2.05) is 6.92 Å². The standard InChI is InChI=1S/C9H18F2N2/c1-4-5-6-7(12)8(13-3)9(2,10)11/h13H,4-6,12H2,1-3H3/b8-7-. The highest BCUT2D eigenvalue weighted by atomic mass is 19.3. The summed E-state index contributed by atoms with van der Waals surface area (Å²) < 4.78 is 25.7. The van der Waals surface area contributed by atoms with Gasteiger partial charge in [0.2, 0.25) is 0 Å². The van der Waals surface area contributed by atoms with E-state index in [2.05, 4.69) is 5.32 Å². The van der Waals surface area contributed by atoms with E-state index in [0.29, 0.717) is 6.42 Å². The molecule has 4 heteroatoms. The largest absolute Gasteiger partial charge is 0.400 e. The predicted molar refractivity (Wildman–Crippen MR) is 50.4 cm³/mol. The fourth-order valence-electron chi connectivity index (χ4n) is 1.15. The normalized spacial score (nSPS) is 13.9. The van der Waals surface area contributed by atoms with Crippen LogP contribution in [0, 0.1) is 0 Å². The van der Waals surface area contributed by atoms with E-state index in [1.165, 1.54) is 7.05 Å². The summed E-state index contributed by atoms with van der Waals surface area (Å²) in [6.45, 7) is 2.84. The molecule has 0 saturated carbocycles. The Balaban J connectivity index is 4.50. The second-order valence-corrected chi connectivity index (χ2v) is 3.14. The van der Waals surface area contributed by atoms with Crippen molar-refractivity contribution in [2.75, 3.05) is 7.05 Å². The van der Waals surface area contributed by atoms with Crippen LogP contribution in [0.2, 0.25) is 0 Å². The molecule has 0 amide bonds. The first-order valence-electron chi connectivity index (χ1n) is 4.48. The van der Waals surface area contributed by atoms with E-state index in [-0.39, 0.29) is 11.4 Å². The lowest BCUT2D eigenvalue weighted by molar-refractivity contribution is 0.0552. The quantitative estimate of drug-likeness (QED) is 0.701. The number of nitrogens with one attached hydrogen (secondary N) is 1. The van der Waals surface area contributed by atoms with Crippen molar-refractivity contribution in [3.63, 3.8) is 0 Å². The second kappa shape index (κ2) is 5.04. The Morgan fingerprint density at radius 1 is 1.46 bits per heavy atom. The first kappa shape index (κ1) is 12.2. The highest BCUT2D eigenvalue weighted by Crippen LogP contribution is 2.23. The predicted octanol–water partition coefficient (Wildman–Crippen LogP) is 2.22. The minimum absolute atomic E-state index is 0.152. The molecule has 0 rings (SSSR count). The van der Waals surface area contributed by atoms with Crippen LogP contribution in [-0.2, 0) is 0 Å². The summed E-state index contributed by atoms with van der Waals surface area (Å²) in [4.78, 5) is 0. The Labute approximate surface area is 78.2 Å². The number of hydrogen-bond donors (Lipinski definition) is 2. The van der Waals surface area contributed by atoms with Crippen LogP contribution in [0.1, 0.15) is 33.1 Å². The zero-order valence-electron chi connectivity index (χ0n) is 8.45. The SMILES string of the molecule is CCCC/C(N)=C(/NC)C(C)(F)F. The first-order valence-corrected chi connectivity index (χ1v) is 4.48. The molecule has 0 radical (unpaired) electrons. The highest BCUT2D eigenvalue weighted by molar-refractivity contribution is 5.15. The number of rotatable bonds is 5. The molecule has 0 bridgehead atoms. The number of unbranched alkanes of at least 4 members (excludes halogenated alkanes) is 1. The first-order chi connectivity index (χ1) is 5.93. The molecule has 0 heterocycles. The lowest BCUT2D eigenvalue weighted by atomic mass is 10.1. The van der Waals surface area contributed by atoms with Gasteiger partial charge < -0.3 is 11.1 Å². The van der Waals surface area contributed by atoms with E-state index >= 15 is 0 Å². The van der Waals surface area contributed by atoms with Crippen LogP contribution in [-0.4, -0.2) is 13.0 Å². The van der Waals surface area contributed by atoms with Gasteiger partial charge in [-0.1, -0.05) is 13.3 Å². The van der Waals surface area contributed by atoms with Gasteiger partial charge >= 0.3 is 0 Å². The number of halogens is 2. The van der Waals surface area contributed by atoms with Crippen LogP contribution in [0.5, 0.6) is 0 Å². The number of allylic oxidation sites excluding steroid dienone is 2. The average Bonchev–Trinajstić information content (AvgIpc) is 1.99. The van der Waals surface area contributed by atoms with Crippen LogP contribution in [0.25, 0.3) is 0 Å². The average molecular weight is 192 g/mol. The van der Waals surface area contributed by atoms with Crippen molar-refractivity contribution < 1.29 is 8.78 Å². The molecule has 0 aliphatic carbocycles. The third-order valence-electron chi connectivity index (χ3n) is 1.81. The molecule has 0 unspecified atom stereocenters. The Morgan fingerprint density at radius 2 is 2.00 bits per heavy atom. The minimum Gasteiger partial charge on any atom is -0.400 e. The molecule has 0 aliphatic heterocycles. The van der Waals surface area contributed by atoms with Crippen LogP contribution in [0.4, 0.5) is 8.78 Å². The Kier molecular flexibility index (Phi) is 4.73. The maximum absolute atomic E-state index is 12.9. The van der Waals surface area contributed by atoms with Gasteiger partial charge in [0.1, 0.15) is 0 Å². The Hall–Kier alpha value is -0.800. The van der Waals surface area contributed by atoms with Crippen molar-refractivity contribution in [3.05, 3.63) is 11.4 Å². The maximum Gasteiger partial charge on any atom is 0.286 e. The smallest absolute Gasteiger partial charge is 0.286 e.